The Balaban J connectivity index is 1.81. The van der Waals surface area contributed by atoms with Gasteiger partial charge in [0.1, 0.15) is 22.9 Å². The van der Waals surface area contributed by atoms with Crippen LogP contribution in [0, 0.1) is 5.82 Å². The third kappa shape index (κ3) is 2.97. The summed E-state index contributed by atoms with van der Waals surface area (Å²) in [5, 5.41) is 13.9. The van der Waals surface area contributed by atoms with Gasteiger partial charge in [-0.05, 0) is 63.5 Å². The highest BCUT2D eigenvalue weighted by Gasteiger charge is 2.43. The van der Waals surface area contributed by atoms with Crippen LogP contribution in [0.1, 0.15) is 53.6 Å². The Kier molecular flexibility index (Phi) is 4.19. The van der Waals surface area contributed by atoms with E-state index in [2.05, 4.69) is 5.32 Å². The van der Waals surface area contributed by atoms with Crippen molar-refractivity contribution in [2.24, 2.45) is 0 Å². The third-order valence-corrected chi connectivity index (χ3v) is 5.58. The normalized spacial score (nSPS) is 21.1. The number of piperidine rings is 1. The van der Waals surface area contributed by atoms with E-state index >= 15 is 0 Å². The summed E-state index contributed by atoms with van der Waals surface area (Å²) >= 11 is 0. The minimum atomic E-state index is -0.321. The Morgan fingerprint density at radius 2 is 1.96 bits per heavy atom. The van der Waals surface area contributed by atoms with Gasteiger partial charge in [0.25, 0.3) is 0 Å². The number of hydrogen-bond donors (Lipinski definition) is 2. The van der Waals surface area contributed by atoms with Crippen molar-refractivity contribution in [3.05, 3.63) is 58.9 Å². The second-order valence-electron chi connectivity index (χ2n) is 7.30. The number of rotatable bonds is 2. The first-order valence-electron chi connectivity index (χ1n) is 9.00. The molecule has 2 aromatic carbocycles. The highest BCUT2D eigenvalue weighted by atomic mass is 19.1. The average molecular weight is 355 g/mol. The fraction of sp³-hybridized carbons (Fsp3) is 0.381. The molecule has 136 valence electrons. The van der Waals surface area contributed by atoms with E-state index in [1.54, 1.807) is 18.2 Å². The lowest BCUT2D eigenvalue weighted by Crippen LogP contribution is -2.49. The Hall–Kier alpha value is -2.40. The summed E-state index contributed by atoms with van der Waals surface area (Å²) in [6, 6.07) is 9.59. The van der Waals surface area contributed by atoms with Gasteiger partial charge in [-0.3, -0.25) is 4.79 Å². The van der Waals surface area contributed by atoms with Gasteiger partial charge in [0.2, 0.25) is 0 Å². The van der Waals surface area contributed by atoms with Crippen molar-refractivity contribution in [2.75, 3.05) is 13.1 Å². The molecule has 2 aliphatic heterocycles. The van der Waals surface area contributed by atoms with E-state index in [0.29, 0.717) is 23.3 Å². The van der Waals surface area contributed by atoms with Crippen molar-refractivity contribution in [3.63, 3.8) is 0 Å². The third-order valence-electron chi connectivity index (χ3n) is 5.58. The molecule has 0 saturated carbocycles. The first kappa shape index (κ1) is 17.0. The fourth-order valence-electron chi connectivity index (χ4n) is 4.16. The zero-order chi connectivity index (χ0) is 18.3. The second-order valence-corrected chi connectivity index (χ2v) is 7.30. The summed E-state index contributed by atoms with van der Waals surface area (Å²) in [4.78, 5) is 11.6. The average Bonchev–Trinajstić information content (AvgIpc) is 2.62. The van der Waals surface area contributed by atoms with Crippen LogP contribution in [0.25, 0.3) is 0 Å². The maximum atomic E-state index is 13.9. The van der Waals surface area contributed by atoms with Crippen LogP contribution in [0.4, 0.5) is 4.39 Å². The highest BCUT2D eigenvalue weighted by molar-refractivity contribution is 5.94. The molecule has 26 heavy (non-hydrogen) atoms. The van der Waals surface area contributed by atoms with Crippen molar-refractivity contribution in [1.82, 2.24) is 5.32 Å². The van der Waals surface area contributed by atoms with Gasteiger partial charge in [0, 0.05) is 22.6 Å². The molecule has 0 bridgehead atoms. The van der Waals surface area contributed by atoms with Crippen molar-refractivity contribution in [3.8, 4) is 11.5 Å². The monoisotopic (exact) mass is 355 g/mol. The summed E-state index contributed by atoms with van der Waals surface area (Å²) in [7, 11) is 0. The Morgan fingerprint density at radius 3 is 2.65 bits per heavy atom. The van der Waals surface area contributed by atoms with Crippen LogP contribution in [-0.4, -0.2) is 29.6 Å². The number of ether oxygens (including phenoxy) is 1. The minimum Gasteiger partial charge on any atom is -0.508 e. The molecule has 4 rings (SSSR count). The number of carbonyl (C=O) groups is 1. The maximum absolute atomic E-state index is 13.9. The van der Waals surface area contributed by atoms with Crippen LogP contribution in [-0.2, 0) is 0 Å². The molecule has 0 radical (unpaired) electrons. The predicted molar refractivity (Wildman–Crippen MR) is 96.4 cm³/mol. The van der Waals surface area contributed by atoms with E-state index in [0.717, 1.165) is 31.5 Å². The van der Waals surface area contributed by atoms with E-state index < -0.39 is 0 Å². The Labute approximate surface area is 152 Å². The van der Waals surface area contributed by atoms with Crippen LogP contribution >= 0.6 is 0 Å². The van der Waals surface area contributed by atoms with E-state index in [4.69, 9.17) is 4.74 Å². The first-order chi connectivity index (χ1) is 12.5. The minimum absolute atomic E-state index is 0.0731. The molecule has 1 fully saturated rings. The molecule has 1 atom stereocenters. The van der Waals surface area contributed by atoms with Gasteiger partial charge < -0.3 is 15.2 Å². The quantitative estimate of drug-likeness (QED) is 0.805. The van der Waals surface area contributed by atoms with E-state index in [1.165, 1.54) is 25.1 Å². The summed E-state index contributed by atoms with van der Waals surface area (Å²) in [5.41, 5.74) is 1.62. The van der Waals surface area contributed by atoms with Gasteiger partial charge in [-0.15, -0.1) is 0 Å². The number of benzene rings is 2. The van der Waals surface area contributed by atoms with Crippen molar-refractivity contribution in [2.45, 2.75) is 37.7 Å². The number of carbonyl (C=O) groups excluding carboxylic acids is 1. The van der Waals surface area contributed by atoms with E-state index in [-0.39, 0.29) is 28.9 Å². The molecule has 4 nitrogen and oxygen atoms in total. The molecular weight excluding hydrogens is 333 g/mol. The van der Waals surface area contributed by atoms with Gasteiger partial charge >= 0.3 is 0 Å². The lowest BCUT2D eigenvalue weighted by atomic mass is 9.74. The van der Waals surface area contributed by atoms with E-state index in [9.17, 15) is 14.3 Å². The topological polar surface area (TPSA) is 58.6 Å². The Morgan fingerprint density at radius 1 is 1.19 bits per heavy atom. The van der Waals surface area contributed by atoms with Gasteiger partial charge in [0.15, 0.2) is 5.78 Å². The van der Waals surface area contributed by atoms with Gasteiger partial charge in [-0.2, -0.15) is 0 Å². The molecule has 2 aromatic rings. The van der Waals surface area contributed by atoms with Crippen LogP contribution in [0.5, 0.6) is 11.5 Å². The molecule has 5 heteroatoms. The molecule has 2 N–H and O–H groups in total. The molecule has 1 saturated heterocycles. The maximum Gasteiger partial charge on any atom is 0.159 e. The molecule has 2 heterocycles. The smallest absolute Gasteiger partial charge is 0.159 e. The number of hydrogen-bond acceptors (Lipinski definition) is 4. The van der Waals surface area contributed by atoms with Gasteiger partial charge in [-0.1, -0.05) is 12.1 Å². The standard InChI is InChI=1S/C21H22FNO3/c1-13(24)14-2-4-16(19(25)10-14)18-12-21(6-8-23-9-7-21)26-20-5-3-15(22)11-17(18)20/h2-5,10-11,18,23,25H,6-9,12H2,1H3. The number of fused-ring (bicyclic) bond motifs is 1. The molecule has 0 amide bonds. The lowest BCUT2D eigenvalue weighted by molar-refractivity contribution is 0.0110. The van der Waals surface area contributed by atoms with Gasteiger partial charge in [-0.25, -0.2) is 4.39 Å². The number of nitrogens with one attached hydrogen (secondary N) is 1. The van der Waals surface area contributed by atoms with Gasteiger partial charge in [0.05, 0.1) is 0 Å². The van der Waals surface area contributed by atoms with E-state index in [1.807, 2.05) is 0 Å². The SMILES string of the molecule is CC(=O)c1ccc(C2CC3(CCNCC3)Oc3ccc(F)cc32)c(O)c1. The molecule has 1 spiro atoms. The summed E-state index contributed by atoms with van der Waals surface area (Å²) < 4.78 is 20.2. The fourth-order valence-corrected chi connectivity index (χ4v) is 4.16. The summed E-state index contributed by atoms with van der Waals surface area (Å²) in [5.74, 6) is 0.163. The number of halogens is 1. The number of ketones is 1. The summed E-state index contributed by atoms with van der Waals surface area (Å²) in [6.07, 6.45) is 2.41. The molecule has 2 aliphatic rings. The molecule has 0 aliphatic carbocycles. The highest BCUT2D eigenvalue weighted by Crippen LogP contribution is 2.49. The van der Waals surface area contributed by atoms with Crippen molar-refractivity contribution < 1.29 is 19.0 Å². The van der Waals surface area contributed by atoms with Crippen LogP contribution in [0.2, 0.25) is 0 Å². The zero-order valence-corrected chi connectivity index (χ0v) is 14.7. The second kappa shape index (κ2) is 6.40. The first-order valence-corrected chi connectivity index (χ1v) is 9.00. The largest absolute Gasteiger partial charge is 0.508 e. The number of Topliss-reactive ketones (excluding diaryl/α,β-unsaturated/α-hetero) is 1. The van der Waals surface area contributed by atoms with Crippen molar-refractivity contribution in [1.29, 1.82) is 0 Å². The lowest BCUT2D eigenvalue weighted by Gasteiger charge is -2.45. The molecule has 0 aromatic heterocycles. The zero-order valence-electron chi connectivity index (χ0n) is 14.7. The van der Waals surface area contributed by atoms with Crippen molar-refractivity contribution >= 4 is 5.78 Å². The number of phenols is 1. The molecule has 1 unspecified atom stereocenters. The Bertz CT molecular complexity index is 858. The summed E-state index contributed by atoms with van der Waals surface area (Å²) in [6.45, 7) is 3.22. The number of phenolic OH excluding ortho intramolecular Hbond substituents is 1. The molecular formula is C21H22FNO3. The van der Waals surface area contributed by atoms with Crippen LogP contribution in [0.15, 0.2) is 36.4 Å². The van der Waals surface area contributed by atoms with Crippen LogP contribution in [0.3, 0.4) is 0 Å². The predicted octanol–water partition coefficient (Wildman–Crippen LogP) is 3.77. The number of aromatic hydroxyl groups is 1. The van der Waals surface area contributed by atoms with Crippen LogP contribution < -0.4 is 10.1 Å².